The fourth-order valence-corrected chi connectivity index (χ4v) is 6.03. The number of methoxy groups -OCH3 is 1. The summed E-state index contributed by atoms with van der Waals surface area (Å²) in [6.45, 7) is 0.187. The minimum Gasteiger partial charge on any atom is -0.496 e. The molecule has 1 aromatic rings. The molecule has 0 aromatic heterocycles. The van der Waals surface area contributed by atoms with Gasteiger partial charge >= 0.3 is 5.97 Å². The van der Waals surface area contributed by atoms with E-state index in [1.807, 2.05) is 24.3 Å². The first-order valence-electron chi connectivity index (χ1n) is 10.2. The molecule has 2 atom stereocenters. The van der Waals surface area contributed by atoms with Crippen molar-refractivity contribution in [1.29, 1.82) is 0 Å². The van der Waals surface area contributed by atoms with Crippen LogP contribution in [0.1, 0.15) is 44.1 Å². The zero-order chi connectivity index (χ0) is 19.8. The van der Waals surface area contributed by atoms with Crippen LogP contribution in [0.2, 0.25) is 0 Å². The average molecular weight is 387 g/mol. The van der Waals surface area contributed by atoms with Crippen molar-refractivity contribution in [3.05, 3.63) is 29.8 Å². The van der Waals surface area contributed by atoms with Gasteiger partial charge in [-0.1, -0.05) is 18.2 Å². The molecule has 0 aliphatic heterocycles. The molecule has 0 spiro atoms. The van der Waals surface area contributed by atoms with Crippen molar-refractivity contribution in [2.45, 2.75) is 50.5 Å². The third kappa shape index (κ3) is 3.75. The molecule has 0 saturated heterocycles. The Morgan fingerprint density at radius 1 is 1.18 bits per heavy atom. The van der Waals surface area contributed by atoms with Crippen LogP contribution in [0.15, 0.2) is 24.3 Å². The zero-order valence-electron chi connectivity index (χ0n) is 16.4. The molecule has 2 N–H and O–H groups in total. The number of rotatable bonds is 7. The monoisotopic (exact) mass is 387 g/mol. The highest BCUT2D eigenvalue weighted by atomic mass is 16.5. The molecule has 0 heterocycles. The lowest BCUT2D eigenvalue weighted by Crippen LogP contribution is -2.58. The Kier molecular flexibility index (Phi) is 5.08. The minimum atomic E-state index is -0.708. The lowest BCUT2D eigenvalue weighted by atomic mass is 9.48. The van der Waals surface area contributed by atoms with Crippen LogP contribution in [-0.2, 0) is 20.7 Å². The van der Waals surface area contributed by atoms with E-state index >= 15 is 0 Å². The Morgan fingerprint density at radius 2 is 1.89 bits per heavy atom. The smallest absolute Gasteiger partial charge is 0.312 e. The van der Waals surface area contributed by atoms with Crippen LogP contribution in [0.5, 0.6) is 5.75 Å². The van der Waals surface area contributed by atoms with Crippen molar-refractivity contribution in [1.82, 2.24) is 5.32 Å². The summed E-state index contributed by atoms with van der Waals surface area (Å²) in [4.78, 5) is 24.9. The topological polar surface area (TPSA) is 84.9 Å². The second-order valence-electron chi connectivity index (χ2n) is 8.95. The number of esters is 1. The molecule has 4 aliphatic carbocycles. The molecule has 2 unspecified atom stereocenters. The molecular weight excluding hydrogens is 358 g/mol. The van der Waals surface area contributed by atoms with Gasteiger partial charge in [-0.15, -0.1) is 0 Å². The quantitative estimate of drug-likeness (QED) is 0.701. The lowest BCUT2D eigenvalue weighted by Gasteiger charge is -2.58. The van der Waals surface area contributed by atoms with Crippen molar-refractivity contribution in [3.8, 4) is 5.75 Å². The number of carbonyl (C=O) groups excluding carboxylic acids is 2. The van der Waals surface area contributed by atoms with Gasteiger partial charge in [0.25, 0.3) is 5.91 Å². The van der Waals surface area contributed by atoms with Crippen LogP contribution in [-0.4, -0.2) is 42.8 Å². The molecule has 28 heavy (non-hydrogen) atoms. The number of para-hydroxylation sites is 1. The van der Waals surface area contributed by atoms with E-state index < -0.39 is 11.0 Å². The van der Waals surface area contributed by atoms with Crippen LogP contribution >= 0.6 is 0 Å². The highest BCUT2D eigenvalue weighted by molar-refractivity contribution is 5.83. The van der Waals surface area contributed by atoms with E-state index in [-0.39, 0.29) is 18.5 Å². The molecule has 6 nitrogen and oxygen atoms in total. The Balaban J connectivity index is 1.25. The summed E-state index contributed by atoms with van der Waals surface area (Å²) in [5, 5.41) is 13.6. The number of nitrogens with one attached hydrogen (secondary N) is 1. The molecule has 4 aliphatic rings. The minimum absolute atomic E-state index is 0.264. The summed E-state index contributed by atoms with van der Waals surface area (Å²) >= 11 is 0. The molecule has 1 amide bonds. The van der Waals surface area contributed by atoms with Gasteiger partial charge < -0.3 is 19.9 Å². The van der Waals surface area contributed by atoms with Crippen LogP contribution < -0.4 is 10.1 Å². The van der Waals surface area contributed by atoms with Crippen molar-refractivity contribution in [3.63, 3.8) is 0 Å². The Hall–Kier alpha value is -2.08. The molecule has 4 saturated carbocycles. The molecule has 6 heteroatoms. The van der Waals surface area contributed by atoms with E-state index in [4.69, 9.17) is 9.47 Å². The van der Waals surface area contributed by atoms with Crippen molar-refractivity contribution >= 4 is 11.9 Å². The van der Waals surface area contributed by atoms with Gasteiger partial charge in [0, 0.05) is 6.54 Å². The maximum absolute atomic E-state index is 12.8. The van der Waals surface area contributed by atoms with Crippen LogP contribution in [0, 0.1) is 17.3 Å². The lowest BCUT2D eigenvalue weighted by molar-refractivity contribution is -0.196. The summed E-state index contributed by atoms with van der Waals surface area (Å²) in [7, 11) is 1.62. The largest absolute Gasteiger partial charge is 0.496 e. The number of amides is 1. The highest BCUT2D eigenvalue weighted by Gasteiger charge is 2.60. The first-order valence-corrected chi connectivity index (χ1v) is 10.2. The fraction of sp³-hybridized carbons (Fsp3) is 0.636. The predicted molar refractivity (Wildman–Crippen MR) is 103 cm³/mol. The predicted octanol–water partition coefficient (Wildman–Crippen LogP) is 2.23. The standard InChI is InChI=1S/C22H29NO5/c1-27-18-5-3-2-4-17(18)6-7-23-19(24)13-28-20(25)21-9-15-8-16(10-21)12-22(26,11-15)14-21/h2-5,15-16,26H,6-14H2,1H3,(H,23,24). The normalized spacial score (nSPS) is 32.8. The van der Waals surface area contributed by atoms with E-state index in [2.05, 4.69) is 5.32 Å². The van der Waals surface area contributed by atoms with Gasteiger partial charge in [0.2, 0.25) is 0 Å². The van der Waals surface area contributed by atoms with Gasteiger partial charge in [-0.05, 0) is 68.4 Å². The van der Waals surface area contributed by atoms with E-state index in [1.54, 1.807) is 7.11 Å². The number of hydrogen-bond acceptors (Lipinski definition) is 5. The van der Waals surface area contributed by atoms with Crippen LogP contribution in [0.3, 0.4) is 0 Å². The van der Waals surface area contributed by atoms with E-state index in [0.717, 1.165) is 43.4 Å². The Morgan fingerprint density at radius 3 is 2.57 bits per heavy atom. The van der Waals surface area contributed by atoms with Crippen molar-refractivity contribution in [2.24, 2.45) is 17.3 Å². The third-order valence-electron chi connectivity index (χ3n) is 6.71. The molecule has 152 valence electrons. The van der Waals surface area contributed by atoms with Gasteiger partial charge in [-0.3, -0.25) is 9.59 Å². The summed E-state index contributed by atoms with van der Waals surface area (Å²) < 4.78 is 10.7. The summed E-state index contributed by atoms with van der Waals surface area (Å²) in [6, 6.07) is 7.68. The molecular formula is C22H29NO5. The van der Waals surface area contributed by atoms with Gasteiger partial charge in [0.05, 0.1) is 18.1 Å². The number of benzene rings is 1. The zero-order valence-corrected chi connectivity index (χ0v) is 16.4. The van der Waals surface area contributed by atoms with E-state index in [0.29, 0.717) is 31.2 Å². The molecule has 4 fully saturated rings. The maximum Gasteiger partial charge on any atom is 0.312 e. The van der Waals surface area contributed by atoms with Gasteiger partial charge in [-0.2, -0.15) is 0 Å². The van der Waals surface area contributed by atoms with Crippen LogP contribution in [0.4, 0.5) is 0 Å². The summed E-state index contributed by atoms with van der Waals surface area (Å²) in [5.41, 5.74) is -0.277. The Labute approximate surface area is 165 Å². The summed E-state index contributed by atoms with van der Waals surface area (Å²) in [6.07, 6.45) is 5.44. The maximum atomic E-state index is 12.8. The number of aliphatic hydroxyl groups is 1. The van der Waals surface area contributed by atoms with Crippen LogP contribution in [0.25, 0.3) is 0 Å². The first kappa shape index (κ1) is 19.2. The van der Waals surface area contributed by atoms with Gasteiger partial charge in [-0.25, -0.2) is 0 Å². The first-order chi connectivity index (χ1) is 13.4. The highest BCUT2D eigenvalue weighted by Crippen LogP contribution is 2.61. The SMILES string of the molecule is COc1ccccc1CCNC(=O)COC(=O)C12CC3CC(CC(O)(C3)C1)C2. The van der Waals surface area contributed by atoms with Gasteiger partial charge in [0.1, 0.15) is 5.75 Å². The number of carbonyl (C=O) groups is 2. The molecule has 1 aromatic carbocycles. The number of hydrogen-bond donors (Lipinski definition) is 2. The van der Waals surface area contributed by atoms with Crippen molar-refractivity contribution in [2.75, 3.05) is 20.3 Å². The van der Waals surface area contributed by atoms with Crippen molar-refractivity contribution < 1.29 is 24.2 Å². The summed E-state index contributed by atoms with van der Waals surface area (Å²) in [5.74, 6) is 1.01. The second kappa shape index (κ2) is 7.39. The molecule has 0 radical (unpaired) electrons. The fourth-order valence-electron chi connectivity index (χ4n) is 6.03. The molecule has 4 bridgehead atoms. The molecule has 5 rings (SSSR count). The Bertz CT molecular complexity index is 747. The van der Waals surface area contributed by atoms with E-state index in [1.165, 1.54) is 0 Å². The van der Waals surface area contributed by atoms with E-state index in [9.17, 15) is 14.7 Å². The second-order valence-corrected chi connectivity index (χ2v) is 8.95. The average Bonchev–Trinajstić information content (AvgIpc) is 2.64. The third-order valence-corrected chi connectivity index (χ3v) is 6.71. The number of ether oxygens (including phenoxy) is 2. The van der Waals surface area contributed by atoms with Gasteiger partial charge in [0.15, 0.2) is 6.61 Å².